The average Bonchev–Trinajstić information content (AvgIpc) is 2.28. The third-order valence-electron chi connectivity index (χ3n) is 3.44. The lowest BCUT2D eigenvalue weighted by Gasteiger charge is -2.29. The van der Waals surface area contributed by atoms with Crippen LogP contribution in [-0.2, 0) is 12.0 Å². The lowest BCUT2D eigenvalue weighted by molar-refractivity contribution is 0.259. The molecule has 0 atom stereocenters. The van der Waals surface area contributed by atoms with Crippen LogP contribution in [0.15, 0.2) is 36.5 Å². The van der Waals surface area contributed by atoms with Gasteiger partial charge in [-0.2, -0.15) is 0 Å². The molecule has 1 aromatic carbocycles. The monoisotopic (exact) mass is 244 g/mol. The summed E-state index contributed by atoms with van der Waals surface area (Å²) in [4.78, 5) is 2.44. The van der Waals surface area contributed by atoms with Gasteiger partial charge in [0, 0.05) is 31.9 Å². The predicted molar refractivity (Wildman–Crippen MR) is 77.6 cm³/mol. The van der Waals surface area contributed by atoms with E-state index in [1.807, 2.05) is 0 Å². The van der Waals surface area contributed by atoms with E-state index in [0.29, 0.717) is 0 Å². The Morgan fingerprint density at radius 2 is 1.89 bits per heavy atom. The van der Waals surface area contributed by atoms with Crippen molar-refractivity contribution in [3.05, 3.63) is 47.7 Å². The van der Waals surface area contributed by atoms with Crippen molar-refractivity contribution < 1.29 is 0 Å². The van der Waals surface area contributed by atoms with Crippen molar-refractivity contribution in [2.75, 3.05) is 19.6 Å². The quantitative estimate of drug-likeness (QED) is 0.860. The summed E-state index contributed by atoms with van der Waals surface area (Å²) in [5.74, 6) is 0. The van der Waals surface area contributed by atoms with Gasteiger partial charge in [0.25, 0.3) is 0 Å². The minimum absolute atomic E-state index is 0.238. The van der Waals surface area contributed by atoms with Crippen molar-refractivity contribution in [1.82, 2.24) is 10.2 Å². The van der Waals surface area contributed by atoms with Crippen LogP contribution in [0.3, 0.4) is 0 Å². The van der Waals surface area contributed by atoms with Gasteiger partial charge in [-0.1, -0.05) is 51.6 Å². The lowest BCUT2D eigenvalue weighted by atomic mass is 9.87. The minimum Gasteiger partial charge on any atom is -0.386 e. The number of nitrogens with one attached hydrogen (secondary N) is 1. The van der Waals surface area contributed by atoms with Gasteiger partial charge in [-0.15, -0.1) is 0 Å². The molecule has 2 rings (SSSR count). The van der Waals surface area contributed by atoms with Gasteiger partial charge in [-0.05, 0) is 16.5 Å². The second kappa shape index (κ2) is 5.15. The predicted octanol–water partition coefficient (Wildman–Crippen LogP) is 2.90. The van der Waals surface area contributed by atoms with Crippen LogP contribution in [0.4, 0.5) is 0 Å². The molecule has 1 heterocycles. The third kappa shape index (κ3) is 3.36. The Morgan fingerprint density at radius 3 is 2.44 bits per heavy atom. The van der Waals surface area contributed by atoms with Crippen LogP contribution in [0.25, 0.3) is 0 Å². The van der Waals surface area contributed by atoms with Crippen molar-refractivity contribution in [2.24, 2.45) is 0 Å². The Balaban J connectivity index is 2.00. The summed E-state index contributed by atoms with van der Waals surface area (Å²) in [6.07, 6.45) is 0. The highest BCUT2D eigenvalue weighted by atomic mass is 15.2. The smallest absolute Gasteiger partial charge is 0.0380 e. The number of nitrogens with zero attached hydrogens (tertiary/aromatic N) is 1. The maximum Gasteiger partial charge on any atom is 0.0380 e. The molecule has 0 radical (unpaired) electrons. The highest BCUT2D eigenvalue weighted by molar-refractivity contribution is 5.27. The number of piperazine rings is 1. The van der Waals surface area contributed by atoms with Crippen LogP contribution in [0.1, 0.15) is 31.9 Å². The van der Waals surface area contributed by atoms with Gasteiger partial charge in [-0.3, -0.25) is 4.90 Å². The fraction of sp³-hybridized carbons (Fsp3) is 0.500. The summed E-state index contributed by atoms with van der Waals surface area (Å²) in [6.45, 7) is 14.8. The topological polar surface area (TPSA) is 15.3 Å². The summed E-state index contributed by atoms with van der Waals surface area (Å²) < 4.78 is 0. The standard InChI is InChI=1S/C16H24N2/c1-13-11-18(10-9-17-13)12-14-5-7-15(8-6-14)16(2,3)4/h5-8,17H,1,9-12H2,2-4H3. The van der Waals surface area contributed by atoms with Crippen LogP contribution in [-0.4, -0.2) is 24.5 Å². The van der Waals surface area contributed by atoms with E-state index in [1.54, 1.807) is 0 Å². The van der Waals surface area contributed by atoms with E-state index >= 15 is 0 Å². The van der Waals surface area contributed by atoms with Gasteiger partial charge in [0.1, 0.15) is 0 Å². The summed E-state index contributed by atoms with van der Waals surface area (Å²) in [5.41, 5.74) is 4.16. The van der Waals surface area contributed by atoms with Crippen molar-refractivity contribution in [3.63, 3.8) is 0 Å². The van der Waals surface area contributed by atoms with Gasteiger partial charge in [0.15, 0.2) is 0 Å². The highest BCUT2D eigenvalue weighted by Gasteiger charge is 2.15. The van der Waals surface area contributed by atoms with Crippen LogP contribution in [0.5, 0.6) is 0 Å². The third-order valence-corrected chi connectivity index (χ3v) is 3.44. The maximum atomic E-state index is 4.00. The van der Waals surface area contributed by atoms with E-state index in [0.717, 1.165) is 31.9 Å². The molecule has 0 unspecified atom stereocenters. The molecule has 1 aliphatic rings. The first-order valence-corrected chi connectivity index (χ1v) is 6.68. The SMILES string of the molecule is C=C1CN(Cc2ccc(C(C)(C)C)cc2)CCN1. The van der Waals surface area contributed by atoms with Gasteiger partial charge in [0.2, 0.25) is 0 Å². The molecule has 0 bridgehead atoms. The Morgan fingerprint density at radius 1 is 1.22 bits per heavy atom. The molecule has 1 fully saturated rings. The molecule has 0 amide bonds. The molecule has 2 nitrogen and oxygen atoms in total. The van der Waals surface area contributed by atoms with Gasteiger partial charge < -0.3 is 5.32 Å². The summed E-state index contributed by atoms with van der Waals surface area (Å²) in [5, 5.41) is 3.29. The van der Waals surface area contributed by atoms with Crippen molar-refractivity contribution in [3.8, 4) is 0 Å². The van der Waals surface area contributed by atoms with Crippen molar-refractivity contribution >= 4 is 0 Å². The summed E-state index contributed by atoms with van der Waals surface area (Å²) in [7, 11) is 0. The molecule has 0 spiro atoms. The fourth-order valence-electron chi connectivity index (χ4n) is 2.30. The highest BCUT2D eigenvalue weighted by Crippen LogP contribution is 2.22. The lowest BCUT2D eigenvalue weighted by Crippen LogP contribution is -2.41. The Labute approximate surface area is 111 Å². The first-order chi connectivity index (χ1) is 8.45. The van der Waals surface area contributed by atoms with E-state index in [1.165, 1.54) is 11.1 Å². The molecule has 1 saturated heterocycles. The number of hydrogen-bond acceptors (Lipinski definition) is 2. The Bertz CT molecular complexity index is 412. The zero-order valence-corrected chi connectivity index (χ0v) is 11.8. The largest absolute Gasteiger partial charge is 0.386 e. The summed E-state index contributed by atoms with van der Waals surface area (Å²) in [6, 6.07) is 9.02. The van der Waals surface area contributed by atoms with Crippen LogP contribution in [0.2, 0.25) is 0 Å². The Kier molecular flexibility index (Phi) is 3.76. The van der Waals surface area contributed by atoms with Gasteiger partial charge >= 0.3 is 0 Å². The molecule has 1 aliphatic heterocycles. The van der Waals surface area contributed by atoms with E-state index < -0.39 is 0 Å². The van der Waals surface area contributed by atoms with Crippen LogP contribution < -0.4 is 5.32 Å². The number of benzene rings is 1. The van der Waals surface area contributed by atoms with E-state index in [2.05, 4.69) is 61.8 Å². The molecule has 1 N–H and O–H groups in total. The molecule has 0 aromatic heterocycles. The second-order valence-electron chi connectivity index (χ2n) is 6.19. The van der Waals surface area contributed by atoms with Crippen LogP contribution >= 0.6 is 0 Å². The molecular weight excluding hydrogens is 220 g/mol. The molecular formula is C16H24N2. The zero-order valence-electron chi connectivity index (χ0n) is 11.8. The molecule has 98 valence electrons. The van der Waals surface area contributed by atoms with Crippen molar-refractivity contribution in [1.29, 1.82) is 0 Å². The van der Waals surface area contributed by atoms with Crippen LogP contribution in [0, 0.1) is 0 Å². The maximum absolute atomic E-state index is 4.00. The molecule has 1 aromatic rings. The Hall–Kier alpha value is -1.28. The normalized spacial score (nSPS) is 17.6. The minimum atomic E-state index is 0.238. The van der Waals surface area contributed by atoms with E-state index in [4.69, 9.17) is 0 Å². The first-order valence-electron chi connectivity index (χ1n) is 6.68. The summed E-state index contributed by atoms with van der Waals surface area (Å²) >= 11 is 0. The first kappa shape index (κ1) is 13.2. The molecule has 0 saturated carbocycles. The van der Waals surface area contributed by atoms with E-state index in [9.17, 15) is 0 Å². The zero-order chi connectivity index (χ0) is 13.2. The van der Waals surface area contributed by atoms with Crippen molar-refractivity contribution in [2.45, 2.75) is 32.7 Å². The fourth-order valence-corrected chi connectivity index (χ4v) is 2.30. The van der Waals surface area contributed by atoms with E-state index in [-0.39, 0.29) is 5.41 Å². The number of rotatable bonds is 2. The molecule has 2 heteroatoms. The number of hydrogen-bond donors (Lipinski definition) is 1. The molecule has 0 aliphatic carbocycles. The van der Waals surface area contributed by atoms with Gasteiger partial charge in [-0.25, -0.2) is 0 Å². The second-order valence-corrected chi connectivity index (χ2v) is 6.19. The average molecular weight is 244 g/mol. The molecule has 18 heavy (non-hydrogen) atoms. The van der Waals surface area contributed by atoms with Gasteiger partial charge in [0.05, 0.1) is 0 Å².